The van der Waals surface area contributed by atoms with Crippen molar-refractivity contribution in [1.82, 2.24) is 9.88 Å². The monoisotopic (exact) mass is 311 g/mol. The summed E-state index contributed by atoms with van der Waals surface area (Å²) in [7, 11) is 0. The minimum Gasteiger partial charge on any atom is -0.507 e. The summed E-state index contributed by atoms with van der Waals surface area (Å²) in [6, 6.07) is 8.89. The van der Waals surface area contributed by atoms with Gasteiger partial charge in [-0.25, -0.2) is 4.98 Å². The number of carbonyl (C=O) groups excluding carboxylic acids is 1. The highest BCUT2D eigenvalue weighted by molar-refractivity contribution is 6.01. The van der Waals surface area contributed by atoms with Crippen molar-refractivity contribution in [2.45, 2.75) is 26.2 Å². The molecule has 1 unspecified atom stereocenters. The molecule has 1 aliphatic rings. The highest BCUT2D eigenvalue weighted by Crippen LogP contribution is 2.36. The number of phenols is 1. The van der Waals surface area contributed by atoms with Gasteiger partial charge in [-0.2, -0.15) is 0 Å². The molecule has 0 aliphatic carbocycles. The Kier molecular flexibility index (Phi) is 3.94. The van der Waals surface area contributed by atoms with E-state index in [4.69, 9.17) is 5.73 Å². The molecule has 0 saturated heterocycles. The van der Waals surface area contributed by atoms with E-state index in [1.54, 1.807) is 18.2 Å². The Labute approximate surface area is 135 Å². The summed E-state index contributed by atoms with van der Waals surface area (Å²) >= 11 is 0. The first-order valence-electron chi connectivity index (χ1n) is 7.91. The quantitative estimate of drug-likeness (QED) is 0.913. The zero-order valence-electron chi connectivity index (χ0n) is 13.4. The second-order valence-electron chi connectivity index (χ2n) is 6.03. The van der Waals surface area contributed by atoms with E-state index in [0.717, 1.165) is 18.5 Å². The van der Waals surface area contributed by atoms with Gasteiger partial charge in [-0.05, 0) is 36.1 Å². The number of fused-ring (bicyclic) bond motifs is 1. The maximum atomic E-state index is 12.6. The smallest absolute Gasteiger partial charge is 0.257 e. The minimum absolute atomic E-state index is 0.0474. The van der Waals surface area contributed by atoms with Crippen LogP contribution in [0.2, 0.25) is 0 Å². The Hall–Kier alpha value is -2.56. The summed E-state index contributed by atoms with van der Waals surface area (Å²) in [5.41, 5.74) is 8.74. The van der Waals surface area contributed by atoms with E-state index in [2.05, 4.69) is 18.8 Å². The first kappa shape index (κ1) is 15.3. The third kappa shape index (κ3) is 2.63. The van der Waals surface area contributed by atoms with Crippen LogP contribution in [-0.4, -0.2) is 34.0 Å². The van der Waals surface area contributed by atoms with Crippen molar-refractivity contribution in [3.63, 3.8) is 0 Å². The van der Waals surface area contributed by atoms with Crippen molar-refractivity contribution in [2.24, 2.45) is 0 Å². The van der Waals surface area contributed by atoms with Gasteiger partial charge < -0.3 is 15.7 Å². The number of rotatable bonds is 3. The van der Waals surface area contributed by atoms with Gasteiger partial charge in [0, 0.05) is 18.7 Å². The largest absolute Gasteiger partial charge is 0.507 e. The van der Waals surface area contributed by atoms with E-state index < -0.39 is 0 Å². The molecule has 2 aromatic rings. The lowest BCUT2D eigenvalue weighted by Gasteiger charge is -2.33. The second kappa shape index (κ2) is 5.91. The molecule has 0 bridgehead atoms. The average molecular weight is 311 g/mol. The van der Waals surface area contributed by atoms with Crippen LogP contribution < -0.4 is 5.73 Å². The molecular formula is C18H21N3O2. The van der Waals surface area contributed by atoms with E-state index >= 15 is 0 Å². The Morgan fingerprint density at radius 3 is 2.83 bits per heavy atom. The van der Waals surface area contributed by atoms with Crippen molar-refractivity contribution in [3.05, 3.63) is 41.5 Å². The fourth-order valence-corrected chi connectivity index (χ4v) is 3.17. The lowest BCUT2D eigenvalue weighted by Crippen LogP contribution is -2.40. The normalized spacial score (nSPS) is 17.2. The number of nitrogen functional groups attached to an aromatic ring is 1. The minimum atomic E-state index is -0.0474. The molecule has 3 rings (SSSR count). The van der Waals surface area contributed by atoms with E-state index in [9.17, 15) is 9.90 Å². The number of hydrogen-bond donors (Lipinski definition) is 2. The summed E-state index contributed by atoms with van der Waals surface area (Å²) < 4.78 is 0. The number of aromatic nitrogens is 1. The second-order valence-corrected chi connectivity index (χ2v) is 6.03. The van der Waals surface area contributed by atoms with E-state index in [-0.39, 0.29) is 23.4 Å². The third-order valence-electron chi connectivity index (χ3n) is 4.28. The standard InChI is InChI=1S/C18H21N3O2/c1-3-8-21-10-11(2)13-9-14(12-6-4-5-7-15(12)22)20-17(19)16(13)18(21)23/h4-7,9,11,22H,3,8,10H2,1-2H3,(H2,19,20). The van der Waals surface area contributed by atoms with Crippen LogP contribution >= 0.6 is 0 Å². The van der Waals surface area contributed by atoms with Gasteiger partial charge in [0.05, 0.1) is 11.3 Å². The maximum absolute atomic E-state index is 12.6. The van der Waals surface area contributed by atoms with Crippen LogP contribution in [0.1, 0.15) is 42.1 Å². The first-order valence-corrected chi connectivity index (χ1v) is 7.91. The molecule has 1 aliphatic heterocycles. The highest BCUT2D eigenvalue weighted by atomic mass is 16.3. The van der Waals surface area contributed by atoms with E-state index in [1.165, 1.54) is 0 Å². The number of carbonyl (C=O) groups is 1. The van der Waals surface area contributed by atoms with Crippen LogP contribution in [0.5, 0.6) is 5.75 Å². The Balaban J connectivity index is 2.11. The Bertz CT molecular complexity index is 758. The number of hydrogen-bond acceptors (Lipinski definition) is 4. The van der Waals surface area contributed by atoms with E-state index in [0.29, 0.717) is 23.4 Å². The molecule has 1 amide bonds. The van der Waals surface area contributed by atoms with Crippen molar-refractivity contribution < 1.29 is 9.90 Å². The van der Waals surface area contributed by atoms with E-state index in [1.807, 2.05) is 17.0 Å². The number of anilines is 1. The molecule has 5 nitrogen and oxygen atoms in total. The topological polar surface area (TPSA) is 79.4 Å². The van der Waals surface area contributed by atoms with Gasteiger partial charge in [-0.15, -0.1) is 0 Å². The molecule has 1 aromatic heterocycles. The molecule has 2 heterocycles. The molecule has 0 spiro atoms. The zero-order valence-corrected chi connectivity index (χ0v) is 13.4. The van der Waals surface area contributed by atoms with Crippen LogP contribution in [0.15, 0.2) is 30.3 Å². The SMILES string of the molecule is CCCN1CC(C)c2cc(-c3ccccc3O)nc(N)c2C1=O. The fourth-order valence-electron chi connectivity index (χ4n) is 3.17. The number of para-hydroxylation sites is 1. The number of benzene rings is 1. The molecule has 23 heavy (non-hydrogen) atoms. The molecule has 5 heteroatoms. The van der Waals surface area contributed by atoms with Crippen molar-refractivity contribution in [3.8, 4) is 17.0 Å². The van der Waals surface area contributed by atoms with Gasteiger partial charge in [0.15, 0.2) is 0 Å². The first-order chi connectivity index (χ1) is 11.0. The zero-order chi connectivity index (χ0) is 16.6. The number of amides is 1. The van der Waals surface area contributed by atoms with Crippen molar-refractivity contribution in [1.29, 1.82) is 0 Å². The van der Waals surface area contributed by atoms with Crippen LogP contribution in [0.25, 0.3) is 11.3 Å². The summed E-state index contributed by atoms with van der Waals surface area (Å²) in [4.78, 5) is 18.8. The van der Waals surface area contributed by atoms with Gasteiger partial charge in [0.1, 0.15) is 11.6 Å². The summed E-state index contributed by atoms with van der Waals surface area (Å²) in [5, 5.41) is 10.0. The predicted molar refractivity (Wildman–Crippen MR) is 90.4 cm³/mol. The maximum Gasteiger partial charge on any atom is 0.257 e. The molecule has 0 saturated carbocycles. The molecule has 0 fully saturated rings. The van der Waals surface area contributed by atoms with Crippen molar-refractivity contribution in [2.75, 3.05) is 18.8 Å². The molecule has 120 valence electrons. The lowest BCUT2D eigenvalue weighted by molar-refractivity contribution is 0.0726. The van der Waals surface area contributed by atoms with Crippen molar-refractivity contribution >= 4 is 11.7 Å². The molecule has 3 N–H and O–H groups in total. The average Bonchev–Trinajstić information content (AvgIpc) is 2.52. The van der Waals surface area contributed by atoms with Gasteiger partial charge >= 0.3 is 0 Å². The predicted octanol–water partition coefficient (Wildman–Crippen LogP) is 3.01. The van der Waals surface area contributed by atoms with Crippen LogP contribution in [0.4, 0.5) is 5.82 Å². The summed E-state index contributed by atoms with van der Waals surface area (Å²) in [6.07, 6.45) is 0.914. The molecular weight excluding hydrogens is 290 g/mol. The number of phenolic OH excluding ortho intramolecular Hbond substituents is 1. The fraction of sp³-hybridized carbons (Fsp3) is 0.333. The summed E-state index contributed by atoms with van der Waals surface area (Å²) in [6.45, 7) is 5.55. The van der Waals surface area contributed by atoms with Crippen LogP contribution in [0, 0.1) is 0 Å². The highest BCUT2D eigenvalue weighted by Gasteiger charge is 2.31. The van der Waals surface area contributed by atoms with Gasteiger partial charge in [0.25, 0.3) is 5.91 Å². The van der Waals surface area contributed by atoms with Gasteiger partial charge in [-0.1, -0.05) is 26.0 Å². The molecule has 1 atom stereocenters. The molecule has 1 aromatic carbocycles. The lowest BCUT2D eigenvalue weighted by atomic mass is 9.89. The number of aromatic hydroxyl groups is 1. The molecule has 0 radical (unpaired) electrons. The van der Waals surface area contributed by atoms with Crippen LogP contribution in [-0.2, 0) is 0 Å². The Morgan fingerprint density at radius 2 is 2.13 bits per heavy atom. The third-order valence-corrected chi connectivity index (χ3v) is 4.28. The number of nitrogens with two attached hydrogens (primary N) is 1. The summed E-state index contributed by atoms with van der Waals surface area (Å²) in [5.74, 6) is 0.526. The number of nitrogens with zero attached hydrogens (tertiary/aromatic N) is 2. The van der Waals surface area contributed by atoms with Gasteiger partial charge in [0.2, 0.25) is 0 Å². The Morgan fingerprint density at radius 1 is 1.39 bits per heavy atom. The van der Waals surface area contributed by atoms with Gasteiger partial charge in [-0.3, -0.25) is 4.79 Å². The number of pyridine rings is 1. The van der Waals surface area contributed by atoms with Crippen LogP contribution in [0.3, 0.4) is 0 Å².